The quantitative estimate of drug-likeness (QED) is 0.173. The Morgan fingerprint density at radius 2 is 1.61 bits per heavy atom. The summed E-state index contributed by atoms with van der Waals surface area (Å²) in [4.78, 5) is 30.3. The van der Waals surface area contributed by atoms with Crippen LogP contribution < -0.4 is 5.32 Å². The molecular weight excluding hydrogens is 492 g/mol. The predicted octanol–water partition coefficient (Wildman–Crippen LogP) is 6.31. The molecule has 1 aromatic heterocycles. The first kappa shape index (κ1) is 25.7. The van der Waals surface area contributed by atoms with Gasteiger partial charge in [-0.1, -0.05) is 72.4 Å². The summed E-state index contributed by atoms with van der Waals surface area (Å²) in [6.45, 7) is 3.22. The standard InChI is InChI=1S/C28H28N2O4S2/c1-2-29-23-13-14-25-24(16-23)30-28(36-25)35-19-22(27(32)34-18-21-11-7-4-8-12-21)15-26(31)33-17-20-9-5-3-6-10-20/h3-14,16,22,29H,2,15,17-19H2,1H3. The Bertz CT molecular complexity index is 1280. The van der Waals surface area contributed by atoms with E-state index in [1.54, 1.807) is 11.3 Å². The van der Waals surface area contributed by atoms with Gasteiger partial charge in [0.25, 0.3) is 0 Å². The summed E-state index contributed by atoms with van der Waals surface area (Å²) in [5.74, 6) is -1.13. The number of nitrogens with one attached hydrogen (secondary N) is 1. The van der Waals surface area contributed by atoms with E-state index >= 15 is 0 Å². The van der Waals surface area contributed by atoms with Gasteiger partial charge in [-0.3, -0.25) is 9.59 Å². The summed E-state index contributed by atoms with van der Waals surface area (Å²) >= 11 is 3.03. The van der Waals surface area contributed by atoms with Crippen LogP contribution in [-0.2, 0) is 32.3 Å². The van der Waals surface area contributed by atoms with Gasteiger partial charge in [0.2, 0.25) is 0 Å². The SMILES string of the molecule is CCNc1ccc2sc(SCC(CC(=O)OCc3ccccc3)C(=O)OCc3ccccc3)nc2c1. The van der Waals surface area contributed by atoms with E-state index in [1.807, 2.05) is 78.9 Å². The van der Waals surface area contributed by atoms with Crippen LogP contribution in [-0.4, -0.2) is 29.2 Å². The fourth-order valence-electron chi connectivity index (χ4n) is 3.51. The van der Waals surface area contributed by atoms with Crippen molar-refractivity contribution < 1.29 is 19.1 Å². The number of ether oxygens (including phenoxy) is 2. The van der Waals surface area contributed by atoms with Crippen LogP contribution in [0.25, 0.3) is 10.2 Å². The number of nitrogens with zero attached hydrogens (tertiary/aromatic N) is 1. The number of hydrogen-bond donors (Lipinski definition) is 1. The molecule has 4 aromatic rings. The molecule has 6 nitrogen and oxygen atoms in total. The van der Waals surface area contributed by atoms with Crippen LogP contribution in [0.3, 0.4) is 0 Å². The zero-order valence-corrected chi connectivity index (χ0v) is 21.6. The van der Waals surface area contributed by atoms with E-state index in [1.165, 1.54) is 11.8 Å². The van der Waals surface area contributed by atoms with Crippen LogP contribution in [0.5, 0.6) is 0 Å². The number of hydrogen-bond acceptors (Lipinski definition) is 8. The van der Waals surface area contributed by atoms with E-state index in [2.05, 4.69) is 12.2 Å². The Labute approximate surface area is 219 Å². The zero-order chi connectivity index (χ0) is 25.2. The molecule has 0 spiro atoms. The summed E-state index contributed by atoms with van der Waals surface area (Å²) < 4.78 is 12.9. The van der Waals surface area contributed by atoms with Gasteiger partial charge in [-0.25, -0.2) is 4.98 Å². The van der Waals surface area contributed by atoms with E-state index in [-0.39, 0.29) is 19.6 Å². The van der Waals surface area contributed by atoms with Gasteiger partial charge in [-0.2, -0.15) is 0 Å². The molecule has 36 heavy (non-hydrogen) atoms. The molecule has 0 aliphatic rings. The molecule has 0 bridgehead atoms. The van der Waals surface area contributed by atoms with Gasteiger partial charge in [0, 0.05) is 18.0 Å². The fraction of sp³-hybridized carbons (Fsp3) is 0.250. The molecule has 1 unspecified atom stereocenters. The molecule has 1 atom stereocenters. The highest BCUT2D eigenvalue weighted by molar-refractivity contribution is 8.01. The molecule has 0 fully saturated rings. The maximum atomic E-state index is 13.0. The van der Waals surface area contributed by atoms with Crippen molar-refractivity contribution >= 4 is 50.9 Å². The molecule has 1 N–H and O–H groups in total. The van der Waals surface area contributed by atoms with Gasteiger partial charge in [0.05, 0.1) is 22.6 Å². The Morgan fingerprint density at radius 3 is 2.28 bits per heavy atom. The van der Waals surface area contributed by atoms with Crippen molar-refractivity contribution in [2.45, 2.75) is 30.9 Å². The van der Waals surface area contributed by atoms with E-state index < -0.39 is 17.9 Å². The number of carbonyl (C=O) groups is 2. The molecule has 3 aromatic carbocycles. The molecule has 0 saturated heterocycles. The predicted molar refractivity (Wildman–Crippen MR) is 145 cm³/mol. The number of esters is 2. The minimum absolute atomic E-state index is 0.0527. The Balaban J connectivity index is 1.40. The number of anilines is 1. The molecule has 0 aliphatic heterocycles. The third-order valence-electron chi connectivity index (χ3n) is 5.37. The van der Waals surface area contributed by atoms with Crippen LogP contribution in [0, 0.1) is 5.92 Å². The first-order valence-electron chi connectivity index (χ1n) is 11.8. The summed E-state index contributed by atoms with van der Waals surface area (Å²) in [6.07, 6.45) is -0.0527. The number of aromatic nitrogens is 1. The number of thiazole rings is 1. The van der Waals surface area contributed by atoms with Crippen molar-refractivity contribution in [3.63, 3.8) is 0 Å². The van der Waals surface area contributed by atoms with Gasteiger partial charge in [-0.05, 0) is 36.2 Å². The van der Waals surface area contributed by atoms with Gasteiger partial charge >= 0.3 is 11.9 Å². The second-order valence-electron chi connectivity index (χ2n) is 8.14. The zero-order valence-electron chi connectivity index (χ0n) is 20.0. The average molecular weight is 521 g/mol. The molecule has 4 rings (SSSR count). The molecule has 0 radical (unpaired) electrons. The third-order valence-corrected chi connectivity index (χ3v) is 7.71. The highest BCUT2D eigenvalue weighted by atomic mass is 32.2. The first-order chi connectivity index (χ1) is 17.6. The van der Waals surface area contributed by atoms with Gasteiger partial charge in [-0.15, -0.1) is 11.3 Å². The van der Waals surface area contributed by atoms with E-state index in [9.17, 15) is 9.59 Å². The van der Waals surface area contributed by atoms with Crippen LogP contribution in [0.4, 0.5) is 5.69 Å². The van der Waals surface area contributed by atoms with Gasteiger partial charge in [0.15, 0.2) is 4.34 Å². The molecule has 186 valence electrons. The minimum atomic E-state index is -0.647. The van der Waals surface area contributed by atoms with E-state index in [0.29, 0.717) is 5.75 Å². The summed E-state index contributed by atoms with van der Waals surface area (Å²) in [7, 11) is 0. The summed E-state index contributed by atoms with van der Waals surface area (Å²) in [5, 5.41) is 3.29. The van der Waals surface area contributed by atoms with E-state index in [4.69, 9.17) is 14.5 Å². The summed E-state index contributed by atoms with van der Waals surface area (Å²) in [6, 6.07) is 25.1. The van der Waals surface area contributed by atoms with E-state index in [0.717, 1.165) is 37.9 Å². The second kappa shape index (κ2) is 13.1. The molecule has 8 heteroatoms. The Morgan fingerprint density at radius 1 is 0.944 bits per heavy atom. The lowest BCUT2D eigenvalue weighted by atomic mass is 10.1. The molecule has 0 aliphatic carbocycles. The maximum absolute atomic E-state index is 13.0. The van der Waals surface area contributed by atoms with Crippen LogP contribution in [0.15, 0.2) is 83.2 Å². The van der Waals surface area contributed by atoms with Crippen molar-refractivity contribution in [2.75, 3.05) is 17.6 Å². The fourth-order valence-corrected chi connectivity index (χ4v) is 5.66. The molecular formula is C28H28N2O4S2. The number of rotatable bonds is 12. The third kappa shape index (κ3) is 7.57. The van der Waals surface area contributed by atoms with Crippen molar-refractivity contribution in [1.82, 2.24) is 4.98 Å². The van der Waals surface area contributed by atoms with Crippen LogP contribution >= 0.6 is 23.1 Å². The largest absolute Gasteiger partial charge is 0.461 e. The average Bonchev–Trinajstić information content (AvgIpc) is 3.32. The minimum Gasteiger partial charge on any atom is -0.461 e. The second-order valence-corrected chi connectivity index (χ2v) is 10.4. The lowest BCUT2D eigenvalue weighted by Gasteiger charge is -2.15. The van der Waals surface area contributed by atoms with Crippen molar-refractivity contribution in [2.24, 2.45) is 5.92 Å². The van der Waals surface area contributed by atoms with Crippen molar-refractivity contribution in [3.05, 3.63) is 90.0 Å². The highest BCUT2D eigenvalue weighted by Crippen LogP contribution is 2.33. The number of benzene rings is 3. The lowest BCUT2D eigenvalue weighted by molar-refractivity contribution is -0.155. The van der Waals surface area contributed by atoms with Gasteiger partial charge in [0.1, 0.15) is 13.2 Å². The summed E-state index contributed by atoms with van der Waals surface area (Å²) in [5.41, 5.74) is 3.73. The monoisotopic (exact) mass is 520 g/mol. The van der Waals surface area contributed by atoms with Crippen LogP contribution in [0.1, 0.15) is 24.5 Å². The number of fused-ring (bicyclic) bond motifs is 1. The number of thioether (sulfide) groups is 1. The lowest BCUT2D eigenvalue weighted by Crippen LogP contribution is -2.24. The smallest absolute Gasteiger partial charge is 0.310 e. The molecule has 1 heterocycles. The first-order valence-corrected chi connectivity index (χ1v) is 13.6. The van der Waals surface area contributed by atoms with Crippen molar-refractivity contribution in [1.29, 1.82) is 0 Å². The molecule has 0 saturated carbocycles. The highest BCUT2D eigenvalue weighted by Gasteiger charge is 2.25. The normalized spacial score (nSPS) is 11.7. The number of carbonyl (C=O) groups excluding carboxylic acids is 2. The van der Waals surface area contributed by atoms with Crippen molar-refractivity contribution in [3.8, 4) is 0 Å². The maximum Gasteiger partial charge on any atom is 0.310 e. The topological polar surface area (TPSA) is 77.5 Å². The molecule has 0 amide bonds. The Kier molecular flexibility index (Phi) is 9.35. The van der Waals surface area contributed by atoms with Crippen LogP contribution in [0.2, 0.25) is 0 Å². The van der Waals surface area contributed by atoms with Gasteiger partial charge < -0.3 is 14.8 Å². The Hall–Kier alpha value is -3.36.